The summed E-state index contributed by atoms with van der Waals surface area (Å²) in [6, 6.07) is 14.2. The van der Waals surface area contributed by atoms with E-state index in [9.17, 15) is 13.2 Å². The minimum Gasteiger partial charge on any atom is -0.487 e. The van der Waals surface area contributed by atoms with Crippen molar-refractivity contribution in [2.24, 2.45) is 11.8 Å². The quantitative estimate of drug-likeness (QED) is 0.364. The van der Waals surface area contributed by atoms with Gasteiger partial charge >= 0.3 is 0 Å². The molecule has 1 amide bonds. The molecule has 3 aliphatic heterocycles. The number of nitrogens with zero attached hydrogens (tertiary/aromatic N) is 4. The fourth-order valence-corrected chi connectivity index (χ4v) is 8.78. The van der Waals surface area contributed by atoms with E-state index in [-0.39, 0.29) is 17.2 Å². The lowest BCUT2D eigenvalue weighted by Gasteiger charge is -2.41. The molecule has 1 aromatic heterocycles. The van der Waals surface area contributed by atoms with E-state index in [1.54, 1.807) is 31.4 Å². The molecular weight excluding hydrogens is 718 g/mol. The van der Waals surface area contributed by atoms with Crippen LogP contribution in [0.15, 0.2) is 53.4 Å². The number of fused-ring (bicyclic) bond motifs is 5. The van der Waals surface area contributed by atoms with Crippen LogP contribution in [0.5, 0.6) is 17.4 Å². The molecule has 0 radical (unpaired) electrons. The Hall–Kier alpha value is -3.62. The smallest absolute Gasteiger partial charge is 0.264 e. The highest BCUT2D eigenvalue weighted by Crippen LogP contribution is 2.40. The maximum absolute atomic E-state index is 13.7. The van der Waals surface area contributed by atoms with Crippen LogP contribution < -0.4 is 23.8 Å². The normalized spacial score (nSPS) is 22.5. The van der Waals surface area contributed by atoms with Crippen molar-refractivity contribution in [1.82, 2.24) is 19.5 Å². The summed E-state index contributed by atoms with van der Waals surface area (Å²) in [6.07, 6.45) is 4.53. The lowest BCUT2D eigenvalue weighted by Crippen LogP contribution is -2.48. The number of aromatic nitrogens is 1. The third-order valence-corrected chi connectivity index (χ3v) is 12.5. The monoisotopic (exact) mass is 767 g/mol. The first-order valence-electron chi connectivity index (χ1n) is 18.8. The molecule has 12 nitrogen and oxygen atoms in total. The number of benzene rings is 2. The molecule has 4 heterocycles. The van der Waals surface area contributed by atoms with Crippen molar-refractivity contribution >= 4 is 33.2 Å². The number of nitrogens with one attached hydrogen (secondary N) is 1. The minimum absolute atomic E-state index is 0.00891. The standard InChI is InChI=1S/C39H50ClN5O7S/c1-49-20-18-43-14-16-44(17-15-43)19-21-50-37-11-9-33-23-38(46)42-53(47,48)34-10-12-36-35(24-34)45(25-29-5-6-31(29)27-52-39(37)41-33)13-3-2-4-28-22-32(40)8-7-30(28)26-51-36/h7-12,22,24,29,31H,2-6,13-21,23,25-27H2,1H3,(H,42,46)/t29-,31+/m0/s1. The zero-order chi connectivity index (χ0) is 36.8. The Bertz CT molecular complexity index is 1860. The second-order valence-corrected chi connectivity index (χ2v) is 16.6. The van der Waals surface area contributed by atoms with Crippen LogP contribution in [0.4, 0.5) is 5.69 Å². The molecule has 1 saturated heterocycles. The summed E-state index contributed by atoms with van der Waals surface area (Å²) in [4.78, 5) is 24.9. The molecule has 286 valence electrons. The first kappa shape index (κ1) is 37.7. The molecule has 53 heavy (non-hydrogen) atoms. The molecule has 3 aromatic rings. The second-order valence-electron chi connectivity index (χ2n) is 14.5. The van der Waals surface area contributed by atoms with Crippen molar-refractivity contribution in [3.63, 3.8) is 0 Å². The molecule has 0 unspecified atom stereocenters. The summed E-state index contributed by atoms with van der Waals surface area (Å²) in [6.45, 7) is 9.07. The van der Waals surface area contributed by atoms with E-state index in [4.69, 9.17) is 30.5 Å². The SMILES string of the molecule is COCCN1CCN(CCOc2ccc3nc2OC[C@H]2CC[C@H]2CN2CCCCc4cc(Cl)ccc4COc4ccc(cc42)S(=O)(=O)NC(=O)C3)CC1. The van der Waals surface area contributed by atoms with Gasteiger partial charge in [-0.3, -0.25) is 14.6 Å². The number of piperazine rings is 1. The highest BCUT2D eigenvalue weighted by atomic mass is 35.5. The summed E-state index contributed by atoms with van der Waals surface area (Å²) >= 11 is 6.35. The van der Waals surface area contributed by atoms with Crippen molar-refractivity contribution in [3.05, 3.63) is 70.4 Å². The largest absolute Gasteiger partial charge is 0.487 e. The van der Waals surface area contributed by atoms with Crippen molar-refractivity contribution in [2.75, 3.05) is 84.2 Å². The van der Waals surface area contributed by atoms with Crippen LogP contribution in [0.3, 0.4) is 0 Å². The van der Waals surface area contributed by atoms with Gasteiger partial charge in [-0.1, -0.05) is 17.7 Å². The van der Waals surface area contributed by atoms with Crippen molar-refractivity contribution in [1.29, 1.82) is 0 Å². The number of anilines is 1. The number of ether oxygens (including phenoxy) is 4. The minimum atomic E-state index is -4.19. The van der Waals surface area contributed by atoms with Gasteiger partial charge in [-0.05, 0) is 97.5 Å². The van der Waals surface area contributed by atoms with Gasteiger partial charge in [0.25, 0.3) is 15.9 Å². The molecule has 2 fully saturated rings. The van der Waals surface area contributed by atoms with Crippen molar-refractivity contribution in [2.45, 2.75) is 50.0 Å². The fourth-order valence-electron chi connectivity index (χ4n) is 7.58. The average molecular weight is 768 g/mol. The number of methoxy groups -OCH3 is 1. The van der Waals surface area contributed by atoms with E-state index in [2.05, 4.69) is 24.4 Å². The highest BCUT2D eigenvalue weighted by Gasteiger charge is 2.35. The third-order valence-electron chi connectivity index (χ3n) is 10.9. The van der Waals surface area contributed by atoms with Crippen LogP contribution in [0.2, 0.25) is 5.02 Å². The fraction of sp³-hybridized carbons (Fsp3) is 0.538. The first-order chi connectivity index (χ1) is 25.7. The van der Waals surface area contributed by atoms with Gasteiger partial charge in [-0.25, -0.2) is 18.1 Å². The Labute approximate surface area is 317 Å². The Kier molecular flexibility index (Phi) is 12.3. The number of amides is 1. The number of halogens is 1. The lowest BCUT2D eigenvalue weighted by molar-refractivity contribution is -0.118. The van der Waals surface area contributed by atoms with Gasteiger partial charge in [-0.2, -0.15) is 0 Å². The molecule has 1 N–H and O–H groups in total. The molecule has 1 saturated carbocycles. The summed E-state index contributed by atoms with van der Waals surface area (Å²) in [7, 11) is -2.46. The van der Waals surface area contributed by atoms with Gasteiger partial charge in [0.2, 0.25) is 5.91 Å². The zero-order valence-electron chi connectivity index (χ0n) is 30.4. The number of hydrogen-bond donors (Lipinski definition) is 1. The Morgan fingerprint density at radius 3 is 2.47 bits per heavy atom. The van der Waals surface area contributed by atoms with Crippen LogP contribution in [0, 0.1) is 11.8 Å². The second kappa shape index (κ2) is 17.2. The van der Waals surface area contributed by atoms with Crippen LogP contribution in [0.1, 0.15) is 42.5 Å². The van der Waals surface area contributed by atoms with Crippen LogP contribution in [-0.2, 0) is 39.0 Å². The van der Waals surface area contributed by atoms with Gasteiger partial charge in [0.1, 0.15) is 19.0 Å². The Morgan fingerprint density at radius 1 is 0.906 bits per heavy atom. The van der Waals surface area contributed by atoms with Crippen molar-refractivity contribution < 1.29 is 32.2 Å². The molecule has 4 aliphatic rings. The number of hydrogen-bond acceptors (Lipinski definition) is 11. The van der Waals surface area contributed by atoms with Gasteiger partial charge in [0, 0.05) is 64.5 Å². The van der Waals surface area contributed by atoms with Crippen LogP contribution in [0.25, 0.3) is 0 Å². The molecule has 7 rings (SSSR count). The summed E-state index contributed by atoms with van der Waals surface area (Å²) in [5, 5.41) is 0.698. The van der Waals surface area contributed by atoms with E-state index in [0.717, 1.165) is 95.7 Å². The zero-order valence-corrected chi connectivity index (χ0v) is 32.0. The maximum atomic E-state index is 13.7. The predicted molar refractivity (Wildman–Crippen MR) is 203 cm³/mol. The molecule has 14 heteroatoms. The number of sulfonamides is 1. The maximum Gasteiger partial charge on any atom is 0.264 e. The first-order valence-corrected chi connectivity index (χ1v) is 20.6. The molecule has 2 atom stereocenters. The van der Waals surface area contributed by atoms with E-state index in [1.807, 2.05) is 18.2 Å². The molecule has 4 bridgehead atoms. The summed E-state index contributed by atoms with van der Waals surface area (Å²) in [5.74, 6) is 1.36. The molecule has 2 aromatic carbocycles. The lowest BCUT2D eigenvalue weighted by atomic mass is 9.73. The van der Waals surface area contributed by atoms with Gasteiger partial charge < -0.3 is 23.8 Å². The van der Waals surface area contributed by atoms with Crippen LogP contribution >= 0.6 is 11.6 Å². The molecule has 1 aliphatic carbocycles. The Balaban J connectivity index is 1.10. The number of rotatable bonds is 7. The van der Waals surface area contributed by atoms with Gasteiger partial charge in [0.15, 0.2) is 5.75 Å². The Morgan fingerprint density at radius 2 is 1.70 bits per heavy atom. The molecular formula is C39H50ClN5O7S. The third kappa shape index (κ3) is 9.55. The van der Waals surface area contributed by atoms with E-state index in [0.29, 0.717) is 66.1 Å². The van der Waals surface area contributed by atoms with Gasteiger partial charge in [0.05, 0.1) is 35.9 Å². The predicted octanol–water partition coefficient (Wildman–Crippen LogP) is 4.57. The van der Waals surface area contributed by atoms with Crippen LogP contribution in [-0.4, -0.2) is 108 Å². The van der Waals surface area contributed by atoms with E-state index >= 15 is 0 Å². The topological polar surface area (TPSA) is 123 Å². The summed E-state index contributed by atoms with van der Waals surface area (Å²) in [5.41, 5.74) is 3.32. The van der Waals surface area contributed by atoms with Crippen molar-refractivity contribution in [3.8, 4) is 17.4 Å². The molecule has 0 spiro atoms. The van der Waals surface area contributed by atoms with E-state index < -0.39 is 15.9 Å². The number of carbonyl (C=O) groups excluding carboxylic acids is 1. The highest BCUT2D eigenvalue weighted by molar-refractivity contribution is 7.90. The van der Waals surface area contributed by atoms with Gasteiger partial charge in [-0.15, -0.1) is 0 Å². The summed E-state index contributed by atoms with van der Waals surface area (Å²) < 4.78 is 53.9. The van der Waals surface area contributed by atoms with E-state index in [1.165, 1.54) is 6.07 Å². The number of aryl methyl sites for hydroxylation is 1. The average Bonchev–Trinajstić information content (AvgIpc) is 3.16. The number of pyridine rings is 1. The number of carbonyl (C=O) groups is 1.